The number of rotatable bonds is 6. The van der Waals surface area contributed by atoms with Crippen LogP contribution in [-0.4, -0.2) is 36.2 Å². The molecule has 0 aromatic carbocycles. The third-order valence-corrected chi connectivity index (χ3v) is 4.81. The summed E-state index contributed by atoms with van der Waals surface area (Å²) in [6.45, 7) is 6.76. The normalized spacial score (nSPS) is 29.1. The van der Waals surface area contributed by atoms with Crippen molar-refractivity contribution in [2.24, 2.45) is 5.92 Å². The van der Waals surface area contributed by atoms with Crippen LogP contribution in [0.2, 0.25) is 0 Å². The third kappa shape index (κ3) is 6.03. The van der Waals surface area contributed by atoms with E-state index in [-0.39, 0.29) is 30.2 Å². The molecule has 0 radical (unpaired) electrons. The number of hydrogen-bond donors (Lipinski definition) is 0. The van der Waals surface area contributed by atoms with Gasteiger partial charge in [-0.3, -0.25) is 4.79 Å². The lowest BCUT2D eigenvalue weighted by atomic mass is 9.87. The molecule has 138 valence electrons. The predicted molar refractivity (Wildman–Crippen MR) is 90.5 cm³/mol. The van der Waals surface area contributed by atoms with Crippen molar-refractivity contribution in [1.82, 2.24) is 0 Å². The Labute approximate surface area is 148 Å². The fourth-order valence-electron chi connectivity index (χ4n) is 3.37. The molecule has 6 heteroatoms. The number of esters is 3. The van der Waals surface area contributed by atoms with Gasteiger partial charge < -0.3 is 14.2 Å². The highest BCUT2D eigenvalue weighted by Gasteiger charge is 2.32. The Morgan fingerprint density at radius 3 is 1.40 bits per heavy atom. The molecule has 0 saturated heterocycles. The molecule has 2 saturated carbocycles. The van der Waals surface area contributed by atoms with Crippen LogP contribution in [0.15, 0.2) is 25.3 Å². The Hall–Kier alpha value is -2.11. The molecule has 25 heavy (non-hydrogen) atoms. The van der Waals surface area contributed by atoms with Crippen LogP contribution in [0.1, 0.15) is 51.4 Å². The summed E-state index contributed by atoms with van der Waals surface area (Å²) in [7, 11) is 0. The van der Waals surface area contributed by atoms with Crippen molar-refractivity contribution in [3.8, 4) is 0 Å². The summed E-state index contributed by atoms with van der Waals surface area (Å²) >= 11 is 0. The number of ether oxygens (including phenoxy) is 3. The Bertz CT molecular complexity index is 510. The second-order valence-electron chi connectivity index (χ2n) is 6.59. The van der Waals surface area contributed by atoms with E-state index < -0.39 is 11.9 Å². The SMILES string of the molecule is C=CC(=O)OC1CCC(OC(=O)C2CCC(OC(=O)C=C)CC2)CC1. The summed E-state index contributed by atoms with van der Waals surface area (Å²) in [5, 5.41) is 0. The molecule has 2 aliphatic rings. The standard InChI is InChI=1S/C19H26O6/c1-3-17(20)23-14-7-5-13(6-8-14)19(22)25-16-11-9-15(10-12-16)24-18(21)4-2/h3-4,13-16H,1-2,5-12H2. The van der Waals surface area contributed by atoms with Crippen LogP contribution in [0.5, 0.6) is 0 Å². The highest BCUT2D eigenvalue weighted by atomic mass is 16.6. The topological polar surface area (TPSA) is 78.9 Å². The van der Waals surface area contributed by atoms with E-state index in [2.05, 4.69) is 13.2 Å². The lowest BCUT2D eigenvalue weighted by Gasteiger charge is -2.31. The van der Waals surface area contributed by atoms with Crippen LogP contribution < -0.4 is 0 Å². The fourth-order valence-corrected chi connectivity index (χ4v) is 3.37. The van der Waals surface area contributed by atoms with Gasteiger partial charge in [0.2, 0.25) is 0 Å². The van der Waals surface area contributed by atoms with Crippen LogP contribution in [0.3, 0.4) is 0 Å². The van der Waals surface area contributed by atoms with Crippen LogP contribution >= 0.6 is 0 Å². The summed E-state index contributed by atoms with van der Waals surface area (Å²) < 4.78 is 16.1. The first kappa shape index (κ1) is 19.2. The van der Waals surface area contributed by atoms with Gasteiger partial charge in [-0.1, -0.05) is 13.2 Å². The van der Waals surface area contributed by atoms with E-state index >= 15 is 0 Å². The van der Waals surface area contributed by atoms with Crippen molar-refractivity contribution >= 4 is 17.9 Å². The van der Waals surface area contributed by atoms with Crippen molar-refractivity contribution in [2.45, 2.75) is 69.7 Å². The van der Waals surface area contributed by atoms with Gasteiger partial charge in [0.1, 0.15) is 18.3 Å². The number of carbonyl (C=O) groups excluding carboxylic acids is 3. The van der Waals surface area contributed by atoms with Gasteiger partial charge in [-0.15, -0.1) is 0 Å². The van der Waals surface area contributed by atoms with E-state index in [9.17, 15) is 14.4 Å². The molecule has 0 heterocycles. The van der Waals surface area contributed by atoms with Gasteiger partial charge in [0.05, 0.1) is 5.92 Å². The lowest BCUT2D eigenvalue weighted by Crippen LogP contribution is -2.33. The zero-order valence-corrected chi connectivity index (χ0v) is 14.5. The van der Waals surface area contributed by atoms with Gasteiger partial charge in [-0.25, -0.2) is 9.59 Å². The minimum absolute atomic E-state index is 0.109. The molecule has 0 N–H and O–H groups in total. The first-order valence-corrected chi connectivity index (χ1v) is 8.88. The van der Waals surface area contributed by atoms with Gasteiger partial charge in [0, 0.05) is 12.2 Å². The number of carbonyl (C=O) groups is 3. The summed E-state index contributed by atoms with van der Waals surface area (Å²) in [6, 6.07) is 0. The van der Waals surface area contributed by atoms with Crippen LogP contribution in [0, 0.1) is 5.92 Å². The van der Waals surface area contributed by atoms with Crippen LogP contribution in [0.25, 0.3) is 0 Å². The van der Waals surface area contributed by atoms with E-state index in [0.29, 0.717) is 51.4 Å². The molecule has 0 aliphatic heterocycles. The van der Waals surface area contributed by atoms with Crippen molar-refractivity contribution in [1.29, 1.82) is 0 Å². The molecular weight excluding hydrogens is 324 g/mol. The highest BCUT2D eigenvalue weighted by molar-refractivity contribution is 5.81. The Kier molecular flexibility index (Phi) is 7.22. The minimum atomic E-state index is -0.417. The Balaban J connectivity index is 1.68. The molecule has 0 amide bonds. The Morgan fingerprint density at radius 1 is 0.640 bits per heavy atom. The van der Waals surface area contributed by atoms with Crippen LogP contribution in [0.4, 0.5) is 0 Å². The zero-order chi connectivity index (χ0) is 18.2. The average molecular weight is 350 g/mol. The monoisotopic (exact) mass is 350 g/mol. The van der Waals surface area contributed by atoms with E-state index in [1.54, 1.807) is 0 Å². The zero-order valence-electron chi connectivity index (χ0n) is 14.5. The first-order valence-electron chi connectivity index (χ1n) is 8.88. The quantitative estimate of drug-likeness (QED) is 0.416. The predicted octanol–water partition coefficient (Wildman–Crippen LogP) is 2.86. The van der Waals surface area contributed by atoms with E-state index in [1.807, 2.05) is 0 Å². The second kappa shape index (κ2) is 9.39. The molecule has 2 fully saturated rings. The van der Waals surface area contributed by atoms with Crippen molar-refractivity contribution < 1.29 is 28.6 Å². The maximum atomic E-state index is 12.3. The minimum Gasteiger partial charge on any atom is -0.462 e. The largest absolute Gasteiger partial charge is 0.462 e. The molecule has 2 aliphatic carbocycles. The maximum absolute atomic E-state index is 12.3. The molecule has 2 rings (SSSR count). The lowest BCUT2D eigenvalue weighted by molar-refractivity contribution is -0.161. The summed E-state index contributed by atoms with van der Waals surface area (Å²) in [4.78, 5) is 34.7. The van der Waals surface area contributed by atoms with E-state index in [1.165, 1.54) is 0 Å². The van der Waals surface area contributed by atoms with Gasteiger partial charge in [-0.05, 0) is 51.4 Å². The molecule has 0 spiro atoms. The molecular formula is C19H26O6. The third-order valence-electron chi connectivity index (χ3n) is 4.81. The molecule has 0 atom stereocenters. The first-order chi connectivity index (χ1) is 12.0. The Morgan fingerprint density at radius 2 is 1.00 bits per heavy atom. The van der Waals surface area contributed by atoms with Gasteiger partial charge in [-0.2, -0.15) is 0 Å². The smallest absolute Gasteiger partial charge is 0.330 e. The average Bonchev–Trinajstić information content (AvgIpc) is 2.63. The molecule has 0 bridgehead atoms. The molecule has 0 aromatic rings. The van der Waals surface area contributed by atoms with Gasteiger partial charge in [0.15, 0.2) is 0 Å². The molecule has 0 aromatic heterocycles. The van der Waals surface area contributed by atoms with Gasteiger partial charge in [0.25, 0.3) is 0 Å². The summed E-state index contributed by atoms with van der Waals surface area (Å²) in [5.41, 5.74) is 0. The number of hydrogen-bond acceptors (Lipinski definition) is 6. The molecule has 0 unspecified atom stereocenters. The van der Waals surface area contributed by atoms with Crippen LogP contribution in [-0.2, 0) is 28.6 Å². The van der Waals surface area contributed by atoms with E-state index in [0.717, 1.165) is 12.2 Å². The second-order valence-corrected chi connectivity index (χ2v) is 6.59. The van der Waals surface area contributed by atoms with E-state index in [4.69, 9.17) is 14.2 Å². The van der Waals surface area contributed by atoms with Crippen molar-refractivity contribution in [2.75, 3.05) is 0 Å². The fraction of sp³-hybridized carbons (Fsp3) is 0.632. The summed E-state index contributed by atoms with van der Waals surface area (Å²) in [5.74, 6) is -1.12. The maximum Gasteiger partial charge on any atom is 0.330 e. The summed E-state index contributed by atoms with van der Waals surface area (Å²) in [6.07, 6.45) is 7.43. The highest BCUT2D eigenvalue weighted by Crippen LogP contribution is 2.30. The van der Waals surface area contributed by atoms with Gasteiger partial charge >= 0.3 is 17.9 Å². The van der Waals surface area contributed by atoms with Crippen molar-refractivity contribution in [3.05, 3.63) is 25.3 Å². The molecule has 6 nitrogen and oxygen atoms in total. The van der Waals surface area contributed by atoms with Crippen molar-refractivity contribution in [3.63, 3.8) is 0 Å².